The molecule has 27 heavy (non-hydrogen) atoms. The van der Waals surface area contributed by atoms with Crippen molar-refractivity contribution in [3.05, 3.63) is 65.6 Å². The van der Waals surface area contributed by atoms with E-state index >= 15 is 0 Å². The third kappa shape index (κ3) is 4.08. The topological polar surface area (TPSA) is 69.0 Å². The smallest absolute Gasteiger partial charge is 0.435 e. The summed E-state index contributed by atoms with van der Waals surface area (Å²) in [6.45, 7) is 1.78. The fourth-order valence-electron chi connectivity index (χ4n) is 2.36. The number of aryl methyl sites for hydroxylation is 1. The second kappa shape index (κ2) is 7.10. The molecule has 1 N–H and O–H groups in total. The predicted molar refractivity (Wildman–Crippen MR) is 92.0 cm³/mol. The van der Waals surface area contributed by atoms with Gasteiger partial charge in [-0.25, -0.2) is 9.67 Å². The number of aromatic nitrogens is 3. The number of carbonyl (C=O) groups excluding carboxylic acids is 1. The van der Waals surface area contributed by atoms with Crippen LogP contribution in [0, 0.1) is 6.92 Å². The summed E-state index contributed by atoms with van der Waals surface area (Å²) in [5, 5.41) is 6.15. The van der Waals surface area contributed by atoms with Crippen LogP contribution in [0.5, 0.6) is 5.75 Å². The van der Waals surface area contributed by atoms with Crippen molar-refractivity contribution in [2.45, 2.75) is 13.1 Å². The minimum absolute atomic E-state index is 0.286. The molecule has 0 aliphatic carbocycles. The van der Waals surface area contributed by atoms with E-state index in [2.05, 4.69) is 15.4 Å². The summed E-state index contributed by atoms with van der Waals surface area (Å²) < 4.78 is 44.2. The lowest BCUT2D eigenvalue weighted by Crippen LogP contribution is -2.14. The van der Waals surface area contributed by atoms with Gasteiger partial charge in [-0.15, -0.1) is 0 Å². The minimum Gasteiger partial charge on any atom is -0.493 e. The third-order valence-corrected chi connectivity index (χ3v) is 3.72. The second-order valence-corrected chi connectivity index (χ2v) is 5.65. The number of ether oxygens (including phenoxy) is 1. The second-order valence-electron chi connectivity index (χ2n) is 5.65. The molecule has 2 aromatic heterocycles. The van der Waals surface area contributed by atoms with E-state index in [1.807, 2.05) is 0 Å². The van der Waals surface area contributed by atoms with Crippen molar-refractivity contribution in [3.8, 4) is 11.4 Å². The van der Waals surface area contributed by atoms with Crippen molar-refractivity contribution < 1.29 is 22.7 Å². The van der Waals surface area contributed by atoms with Crippen molar-refractivity contribution in [2.75, 3.05) is 12.4 Å². The molecular weight excluding hydrogens is 361 g/mol. The van der Waals surface area contributed by atoms with Crippen molar-refractivity contribution >= 4 is 11.7 Å². The highest BCUT2D eigenvalue weighted by Gasteiger charge is 2.33. The van der Waals surface area contributed by atoms with Crippen molar-refractivity contribution in [3.63, 3.8) is 0 Å². The average molecular weight is 376 g/mol. The highest BCUT2D eigenvalue weighted by molar-refractivity contribution is 6.04. The summed E-state index contributed by atoms with van der Waals surface area (Å²) in [7, 11) is 1.47. The summed E-state index contributed by atoms with van der Waals surface area (Å²) in [5.41, 5.74) is 0.433. The standard InChI is InChI=1S/C18H15F3N4O2/c1-11-3-8-14(27-2)16(22-11)23-17(26)12-4-6-13(7-5-12)25-10-9-15(24-25)18(19,20)21/h3-10H,1-2H3,(H,22,23,26). The molecule has 0 saturated carbocycles. The number of amides is 1. The highest BCUT2D eigenvalue weighted by Crippen LogP contribution is 2.28. The molecule has 0 bridgehead atoms. The maximum atomic E-state index is 12.6. The number of nitrogens with zero attached hydrogens (tertiary/aromatic N) is 3. The molecule has 9 heteroatoms. The van der Waals surface area contributed by atoms with Gasteiger partial charge in [0.1, 0.15) is 0 Å². The van der Waals surface area contributed by atoms with Crippen molar-refractivity contribution in [1.82, 2.24) is 14.8 Å². The number of hydrogen-bond acceptors (Lipinski definition) is 4. The van der Waals surface area contributed by atoms with Crippen LogP contribution in [-0.2, 0) is 6.18 Å². The zero-order valence-electron chi connectivity index (χ0n) is 14.4. The van der Waals surface area contributed by atoms with Gasteiger partial charge in [0.15, 0.2) is 17.3 Å². The van der Waals surface area contributed by atoms with Crippen molar-refractivity contribution in [2.24, 2.45) is 0 Å². The zero-order chi connectivity index (χ0) is 19.6. The van der Waals surface area contributed by atoms with Crippen LogP contribution < -0.4 is 10.1 Å². The van der Waals surface area contributed by atoms with Crippen LogP contribution in [0.3, 0.4) is 0 Å². The van der Waals surface area contributed by atoms with Crippen LogP contribution in [0.15, 0.2) is 48.7 Å². The van der Waals surface area contributed by atoms with Crippen LogP contribution in [-0.4, -0.2) is 27.8 Å². The Labute approximate surface area is 152 Å². The maximum absolute atomic E-state index is 12.6. The Hall–Kier alpha value is -3.36. The molecule has 2 heterocycles. The van der Waals surface area contributed by atoms with E-state index in [0.717, 1.165) is 10.7 Å². The number of carbonyl (C=O) groups is 1. The Morgan fingerprint density at radius 2 is 1.81 bits per heavy atom. The van der Waals surface area contributed by atoms with Gasteiger partial charge >= 0.3 is 6.18 Å². The van der Waals surface area contributed by atoms with Crippen LogP contribution in [0.4, 0.5) is 19.0 Å². The summed E-state index contributed by atoms with van der Waals surface area (Å²) >= 11 is 0. The number of rotatable bonds is 4. The monoisotopic (exact) mass is 376 g/mol. The van der Waals surface area contributed by atoms with Gasteiger partial charge in [-0.05, 0) is 49.4 Å². The molecule has 6 nitrogen and oxygen atoms in total. The molecule has 0 unspecified atom stereocenters. The molecule has 0 saturated heterocycles. The van der Waals surface area contributed by atoms with E-state index in [0.29, 0.717) is 22.7 Å². The lowest BCUT2D eigenvalue weighted by atomic mass is 10.2. The first-order valence-electron chi connectivity index (χ1n) is 7.84. The van der Waals surface area contributed by atoms with Gasteiger partial charge in [0.25, 0.3) is 5.91 Å². The van der Waals surface area contributed by atoms with E-state index in [-0.39, 0.29) is 5.82 Å². The Bertz CT molecular complexity index is 965. The number of anilines is 1. The van der Waals surface area contributed by atoms with E-state index in [9.17, 15) is 18.0 Å². The Morgan fingerprint density at radius 1 is 1.11 bits per heavy atom. The first-order valence-corrected chi connectivity index (χ1v) is 7.84. The normalized spacial score (nSPS) is 11.3. The maximum Gasteiger partial charge on any atom is 0.435 e. The predicted octanol–water partition coefficient (Wildman–Crippen LogP) is 3.86. The van der Waals surface area contributed by atoms with Crippen LogP contribution in [0.25, 0.3) is 5.69 Å². The molecule has 0 aliphatic rings. The number of hydrogen-bond donors (Lipinski definition) is 1. The summed E-state index contributed by atoms with van der Waals surface area (Å²) in [6, 6.07) is 10.3. The molecular formula is C18H15F3N4O2. The molecule has 0 atom stereocenters. The summed E-state index contributed by atoms with van der Waals surface area (Å²) in [6.07, 6.45) is -3.30. The number of nitrogens with one attached hydrogen (secondary N) is 1. The molecule has 3 rings (SSSR count). The average Bonchev–Trinajstić information content (AvgIpc) is 3.12. The molecule has 1 amide bonds. The van der Waals surface area contributed by atoms with Gasteiger partial charge in [0.2, 0.25) is 0 Å². The minimum atomic E-state index is -4.51. The summed E-state index contributed by atoms with van der Waals surface area (Å²) in [5.74, 6) is 0.282. The molecule has 0 aliphatic heterocycles. The van der Waals surface area contributed by atoms with Gasteiger partial charge < -0.3 is 10.1 Å². The fraction of sp³-hybridized carbons (Fsp3) is 0.167. The molecule has 1 aromatic carbocycles. The van der Waals surface area contributed by atoms with E-state index in [1.165, 1.54) is 37.6 Å². The number of halogens is 3. The van der Waals surface area contributed by atoms with E-state index in [1.54, 1.807) is 19.1 Å². The number of alkyl halides is 3. The molecule has 140 valence electrons. The zero-order valence-corrected chi connectivity index (χ0v) is 14.4. The number of methoxy groups -OCH3 is 1. The quantitative estimate of drug-likeness (QED) is 0.751. The SMILES string of the molecule is COc1ccc(C)nc1NC(=O)c1ccc(-n2ccc(C(F)(F)F)n2)cc1. The van der Waals surface area contributed by atoms with Crippen molar-refractivity contribution in [1.29, 1.82) is 0 Å². The van der Waals surface area contributed by atoms with Crippen LogP contribution >= 0.6 is 0 Å². The van der Waals surface area contributed by atoms with Gasteiger partial charge in [-0.1, -0.05) is 0 Å². The first kappa shape index (κ1) is 18.4. The van der Waals surface area contributed by atoms with Gasteiger partial charge in [-0.2, -0.15) is 18.3 Å². The fourth-order valence-corrected chi connectivity index (χ4v) is 2.36. The van der Waals surface area contributed by atoms with Crippen LogP contribution in [0.1, 0.15) is 21.7 Å². The number of benzene rings is 1. The Morgan fingerprint density at radius 3 is 2.41 bits per heavy atom. The Balaban J connectivity index is 1.78. The van der Waals surface area contributed by atoms with Crippen LogP contribution in [0.2, 0.25) is 0 Å². The van der Waals surface area contributed by atoms with E-state index < -0.39 is 17.8 Å². The first-order chi connectivity index (χ1) is 12.8. The molecule has 0 spiro atoms. The highest BCUT2D eigenvalue weighted by atomic mass is 19.4. The molecule has 0 fully saturated rings. The van der Waals surface area contributed by atoms with Gasteiger partial charge in [-0.3, -0.25) is 4.79 Å². The molecule has 3 aromatic rings. The van der Waals surface area contributed by atoms with E-state index in [4.69, 9.17) is 4.74 Å². The molecule has 0 radical (unpaired) electrons. The Kier molecular flexibility index (Phi) is 4.85. The van der Waals surface area contributed by atoms with Gasteiger partial charge in [0, 0.05) is 17.5 Å². The lowest BCUT2D eigenvalue weighted by Gasteiger charge is -2.10. The lowest BCUT2D eigenvalue weighted by molar-refractivity contribution is -0.141. The number of pyridine rings is 1. The van der Waals surface area contributed by atoms with Gasteiger partial charge in [0.05, 0.1) is 12.8 Å². The summed E-state index contributed by atoms with van der Waals surface area (Å²) in [4.78, 5) is 16.6. The largest absolute Gasteiger partial charge is 0.493 e. The third-order valence-electron chi connectivity index (χ3n) is 3.72.